The zero-order valence-electron chi connectivity index (χ0n) is 9.68. The van der Waals surface area contributed by atoms with Crippen LogP contribution >= 0.6 is 0 Å². The number of benzene rings is 1. The van der Waals surface area contributed by atoms with Gasteiger partial charge in [0.05, 0.1) is 19.8 Å². The van der Waals surface area contributed by atoms with E-state index in [1.165, 1.54) is 0 Å². The van der Waals surface area contributed by atoms with Crippen molar-refractivity contribution in [1.82, 2.24) is 5.32 Å². The Morgan fingerprint density at radius 1 is 1.31 bits per heavy atom. The van der Waals surface area contributed by atoms with E-state index in [-0.39, 0.29) is 12.6 Å². The smallest absolute Gasteiger partial charge is 0.118 e. The highest BCUT2D eigenvalue weighted by atomic mass is 16.5. The number of aliphatic hydroxyl groups is 2. The van der Waals surface area contributed by atoms with Gasteiger partial charge in [0.25, 0.3) is 0 Å². The number of hydrogen-bond acceptors (Lipinski definition) is 4. The van der Waals surface area contributed by atoms with Gasteiger partial charge in [-0.2, -0.15) is 0 Å². The summed E-state index contributed by atoms with van der Waals surface area (Å²) in [5.41, 5.74) is 1.12. The quantitative estimate of drug-likeness (QED) is 0.667. The van der Waals surface area contributed by atoms with Crippen LogP contribution < -0.4 is 10.1 Å². The maximum atomic E-state index is 9.20. The maximum absolute atomic E-state index is 9.20. The highest BCUT2D eigenvalue weighted by Gasteiger charge is 2.07. The van der Waals surface area contributed by atoms with Crippen LogP contribution in [0.3, 0.4) is 0 Å². The molecule has 16 heavy (non-hydrogen) atoms. The van der Waals surface area contributed by atoms with Gasteiger partial charge in [0, 0.05) is 12.6 Å². The third-order valence-electron chi connectivity index (χ3n) is 2.49. The summed E-state index contributed by atoms with van der Waals surface area (Å²) in [6.07, 6.45) is -0.708. The first-order valence-corrected chi connectivity index (χ1v) is 5.33. The molecule has 90 valence electrons. The van der Waals surface area contributed by atoms with Crippen molar-refractivity contribution >= 4 is 0 Å². The molecule has 0 fully saturated rings. The molecule has 4 nitrogen and oxygen atoms in total. The molecule has 0 heterocycles. The van der Waals surface area contributed by atoms with Crippen molar-refractivity contribution in [3.8, 4) is 5.75 Å². The number of rotatable bonds is 6. The van der Waals surface area contributed by atoms with Crippen LogP contribution in [-0.4, -0.2) is 36.6 Å². The fourth-order valence-electron chi connectivity index (χ4n) is 1.39. The summed E-state index contributed by atoms with van der Waals surface area (Å²) in [7, 11) is 1.63. The Kier molecular flexibility index (Phi) is 5.25. The molecule has 2 unspecified atom stereocenters. The monoisotopic (exact) mass is 225 g/mol. The van der Waals surface area contributed by atoms with Crippen LogP contribution in [0.4, 0.5) is 0 Å². The molecule has 1 aromatic carbocycles. The Hall–Kier alpha value is -1.10. The van der Waals surface area contributed by atoms with E-state index in [1.54, 1.807) is 7.11 Å². The Morgan fingerprint density at radius 3 is 2.44 bits per heavy atom. The summed E-state index contributed by atoms with van der Waals surface area (Å²) in [4.78, 5) is 0. The second kappa shape index (κ2) is 6.48. The minimum atomic E-state index is -0.708. The first-order chi connectivity index (χ1) is 7.67. The van der Waals surface area contributed by atoms with Crippen LogP contribution in [0, 0.1) is 0 Å². The van der Waals surface area contributed by atoms with E-state index in [9.17, 15) is 5.11 Å². The normalized spacial score (nSPS) is 14.5. The average molecular weight is 225 g/mol. The SMILES string of the molecule is COc1ccc(C(C)NCC(O)CO)cc1. The lowest BCUT2D eigenvalue weighted by atomic mass is 10.1. The molecular formula is C12H19NO3. The van der Waals surface area contributed by atoms with Gasteiger partial charge in [0.15, 0.2) is 0 Å². The van der Waals surface area contributed by atoms with Crippen LogP contribution in [0.5, 0.6) is 5.75 Å². The number of hydrogen-bond donors (Lipinski definition) is 3. The van der Waals surface area contributed by atoms with Gasteiger partial charge in [-0.15, -0.1) is 0 Å². The van der Waals surface area contributed by atoms with E-state index < -0.39 is 6.10 Å². The molecule has 0 saturated heterocycles. The minimum absolute atomic E-state index is 0.132. The second-order valence-corrected chi connectivity index (χ2v) is 3.74. The van der Waals surface area contributed by atoms with Crippen molar-refractivity contribution in [3.63, 3.8) is 0 Å². The Morgan fingerprint density at radius 2 is 1.94 bits per heavy atom. The number of methoxy groups -OCH3 is 1. The van der Waals surface area contributed by atoms with Crippen molar-refractivity contribution in [2.45, 2.75) is 19.1 Å². The summed E-state index contributed by atoms with van der Waals surface area (Å²) < 4.78 is 5.07. The molecule has 0 radical (unpaired) electrons. The third-order valence-corrected chi connectivity index (χ3v) is 2.49. The van der Waals surface area contributed by atoms with Crippen molar-refractivity contribution < 1.29 is 14.9 Å². The summed E-state index contributed by atoms with van der Waals surface area (Å²) in [6.45, 7) is 2.16. The fourth-order valence-corrected chi connectivity index (χ4v) is 1.39. The third kappa shape index (κ3) is 3.81. The molecule has 1 rings (SSSR count). The van der Waals surface area contributed by atoms with Crippen LogP contribution in [0.15, 0.2) is 24.3 Å². The molecule has 1 aromatic rings. The summed E-state index contributed by atoms with van der Waals surface area (Å²) >= 11 is 0. The Labute approximate surface area is 95.9 Å². The zero-order chi connectivity index (χ0) is 12.0. The molecule has 0 aromatic heterocycles. The molecule has 0 bridgehead atoms. The predicted molar refractivity (Wildman–Crippen MR) is 62.5 cm³/mol. The lowest BCUT2D eigenvalue weighted by Gasteiger charge is -2.16. The molecular weight excluding hydrogens is 206 g/mol. The van der Waals surface area contributed by atoms with Crippen molar-refractivity contribution in [1.29, 1.82) is 0 Å². The van der Waals surface area contributed by atoms with E-state index in [2.05, 4.69) is 5.32 Å². The van der Waals surface area contributed by atoms with Gasteiger partial charge in [0.1, 0.15) is 5.75 Å². The molecule has 2 atom stereocenters. The van der Waals surface area contributed by atoms with E-state index in [0.717, 1.165) is 11.3 Å². The lowest BCUT2D eigenvalue weighted by Crippen LogP contribution is -2.31. The van der Waals surface area contributed by atoms with Crippen molar-refractivity contribution in [2.75, 3.05) is 20.3 Å². The predicted octanol–water partition coefficient (Wildman–Crippen LogP) is 0.699. The van der Waals surface area contributed by atoms with Gasteiger partial charge in [-0.25, -0.2) is 0 Å². The van der Waals surface area contributed by atoms with Crippen LogP contribution in [0.1, 0.15) is 18.5 Å². The van der Waals surface area contributed by atoms with Crippen molar-refractivity contribution in [3.05, 3.63) is 29.8 Å². The molecule has 0 spiro atoms. The van der Waals surface area contributed by atoms with E-state index in [1.807, 2.05) is 31.2 Å². The minimum Gasteiger partial charge on any atom is -0.497 e. The fraction of sp³-hybridized carbons (Fsp3) is 0.500. The molecule has 0 amide bonds. The van der Waals surface area contributed by atoms with E-state index >= 15 is 0 Å². The molecule has 4 heteroatoms. The zero-order valence-corrected chi connectivity index (χ0v) is 9.68. The molecule has 0 saturated carbocycles. The van der Waals surface area contributed by atoms with Gasteiger partial charge < -0.3 is 20.3 Å². The summed E-state index contributed by atoms with van der Waals surface area (Å²) in [5, 5.41) is 21.0. The van der Waals surface area contributed by atoms with Crippen LogP contribution in [0.25, 0.3) is 0 Å². The van der Waals surface area contributed by atoms with E-state index in [4.69, 9.17) is 9.84 Å². The van der Waals surface area contributed by atoms with Crippen LogP contribution in [-0.2, 0) is 0 Å². The Bertz CT molecular complexity index is 300. The number of ether oxygens (including phenoxy) is 1. The van der Waals surface area contributed by atoms with Gasteiger partial charge in [-0.1, -0.05) is 12.1 Å². The highest BCUT2D eigenvalue weighted by molar-refractivity contribution is 5.28. The van der Waals surface area contributed by atoms with Gasteiger partial charge in [-0.05, 0) is 24.6 Å². The van der Waals surface area contributed by atoms with Gasteiger partial charge in [-0.3, -0.25) is 0 Å². The van der Waals surface area contributed by atoms with Crippen LogP contribution in [0.2, 0.25) is 0 Å². The standard InChI is InChI=1S/C12H19NO3/c1-9(13-7-11(15)8-14)10-3-5-12(16-2)6-4-10/h3-6,9,11,13-15H,7-8H2,1-2H3. The average Bonchev–Trinajstić information content (AvgIpc) is 2.35. The topological polar surface area (TPSA) is 61.7 Å². The summed E-state index contributed by atoms with van der Waals surface area (Å²) in [6, 6.07) is 7.88. The molecule has 0 aliphatic rings. The number of aliphatic hydroxyl groups excluding tert-OH is 2. The molecule has 3 N–H and O–H groups in total. The Balaban J connectivity index is 2.49. The maximum Gasteiger partial charge on any atom is 0.118 e. The van der Waals surface area contributed by atoms with E-state index in [0.29, 0.717) is 6.54 Å². The summed E-state index contributed by atoms with van der Waals surface area (Å²) in [5.74, 6) is 0.825. The molecule has 0 aliphatic heterocycles. The molecule has 0 aliphatic carbocycles. The number of nitrogens with one attached hydrogen (secondary N) is 1. The van der Waals surface area contributed by atoms with Crippen molar-refractivity contribution in [2.24, 2.45) is 0 Å². The second-order valence-electron chi connectivity index (χ2n) is 3.74. The lowest BCUT2D eigenvalue weighted by molar-refractivity contribution is 0.0924. The highest BCUT2D eigenvalue weighted by Crippen LogP contribution is 2.16. The largest absolute Gasteiger partial charge is 0.497 e. The van der Waals surface area contributed by atoms with Gasteiger partial charge in [0.2, 0.25) is 0 Å². The first kappa shape index (κ1) is 13.0. The van der Waals surface area contributed by atoms with Gasteiger partial charge >= 0.3 is 0 Å². The first-order valence-electron chi connectivity index (χ1n) is 5.33.